The first-order valence-corrected chi connectivity index (χ1v) is 12.9. The van der Waals surface area contributed by atoms with Crippen molar-refractivity contribution >= 4 is 28.2 Å². The second-order valence-electron chi connectivity index (χ2n) is 9.49. The summed E-state index contributed by atoms with van der Waals surface area (Å²) in [6, 6.07) is 16.0. The zero-order valence-corrected chi connectivity index (χ0v) is 21.8. The zero-order valence-electron chi connectivity index (χ0n) is 21.8. The van der Waals surface area contributed by atoms with Crippen LogP contribution in [0.5, 0.6) is 5.75 Å². The van der Waals surface area contributed by atoms with E-state index in [1.807, 2.05) is 36.7 Å². The van der Waals surface area contributed by atoms with E-state index >= 15 is 0 Å². The molecule has 1 amide bonds. The minimum atomic E-state index is -4.69. The Kier molecular flexibility index (Phi) is 7.36. The molecule has 0 unspecified atom stereocenters. The predicted molar refractivity (Wildman–Crippen MR) is 145 cm³/mol. The maximum Gasteiger partial charge on any atom is 0.573 e. The van der Waals surface area contributed by atoms with Gasteiger partial charge in [0.25, 0.3) is 5.91 Å². The van der Waals surface area contributed by atoms with Crippen molar-refractivity contribution < 1.29 is 22.7 Å². The molecule has 0 bridgehead atoms. The van der Waals surface area contributed by atoms with Crippen LogP contribution in [0.2, 0.25) is 0 Å². The highest BCUT2D eigenvalue weighted by atomic mass is 19.4. The van der Waals surface area contributed by atoms with Crippen molar-refractivity contribution in [3.63, 3.8) is 0 Å². The lowest BCUT2D eigenvalue weighted by molar-refractivity contribution is -0.274. The fourth-order valence-electron chi connectivity index (χ4n) is 5.18. The second-order valence-corrected chi connectivity index (χ2v) is 9.49. The molecule has 1 N–H and O–H groups in total. The van der Waals surface area contributed by atoms with Crippen LogP contribution in [0.15, 0.2) is 67.0 Å². The summed E-state index contributed by atoms with van der Waals surface area (Å²) in [6.45, 7) is 5.53. The van der Waals surface area contributed by atoms with E-state index < -0.39 is 6.36 Å². The van der Waals surface area contributed by atoms with Crippen molar-refractivity contribution in [2.75, 3.05) is 36.0 Å². The first kappa shape index (κ1) is 26.4. The van der Waals surface area contributed by atoms with Gasteiger partial charge >= 0.3 is 6.36 Å². The molecule has 204 valence electrons. The van der Waals surface area contributed by atoms with Crippen LogP contribution in [0.4, 0.5) is 24.5 Å². The first-order valence-electron chi connectivity index (χ1n) is 12.9. The monoisotopic (exact) mass is 537 g/mol. The number of hydrogen-bond donors (Lipinski definition) is 1. The molecule has 0 spiro atoms. The molecule has 0 radical (unpaired) electrons. The summed E-state index contributed by atoms with van der Waals surface area (Å²) in [7, 11) is 1.96. The molecule has 2 aromatic heterocycles. The van der Waals surface area contributed by atoms with Crippen LogP contribution in [0, 0.1) is 0 Å². The van der Waals surface area contributed by atoms with Crippen LogP contribution in [-0.2, 0) is 20.0 Å². The van der Waals surface area contributed by atoms with Gasteiger partial charge in [0.15, 0.2) is 0 Å². The summed E-state index contributed by atoms with van der Waals surface area (Å²) in [4.78, 5) is 21.8. The molecule has 1 saturated heterocycles. The molecule has 1 fully saturated rings. The van der Waals surface area contributed by atoms with Gasteiger partial charge in [0.05, 0.1) is 17.3 Å². The van der Waals surface area contributed by atoms with Crippen molar-refractivity contribution in [2.24, 2.45) is 7.05 Å². The number of carbonyl (C=O) groups is 1. The zero-order chi connectivity index (χ0) is 27.6. The SMILES string of the molecule is CCc1c(C(=O)NCc2ccc(N3CCN(c4ccc(OC(F)(F)F)cc4)CC3)cc2)c2ccncc2n1C. The highest BCUT2D eigenvalue weighted by Crippen LogP contribution is 2.27. The summed E-state index contributed by atoms with van der Waals surface area (Å²) in [6.07, 6.45) is -0.456. The van der Waals surface area contributed by atoms with Crippen LogP contribution in [0.25, 0.3) is 10.9 Å². The number of fused-ring (bicyclic) bond motifs is 1. The van der Waals surface area contributed by atoms with Gasteiger partial charge < -0.3 is 24.4 Å². The van der Waals surface area contributed by atoms with Crippen LogP contribution in [0.3, 0.4) is 0 Å². The third-order valence-corrected chi connectivity index (χ3v) is 7.16. The number of alkyl halides is 3. The standard InChI is InChI=1S/C29H30F3N5O2/c1-3-25-27(24-12-13-33-19-26(24)35(25)2)28(38)34-18-20-4-6-21(7-5-20)36-14-16-37(17-15-36)22-8-10-23(11-9-22)39-29(30,31)32/h4-13,19H,3,14-18H2,1-2H3,(H,34,38). The van der Waals surface area contributed by atoms with Crippen LogP contribution >= 0.6 is 0 Å². The quantitative estimate of drug-likeness (QED) is 0.347. The van der Waals surface area contributed by atoms with Gasteiger partial charge in [0, 0.05) is 68.4 Å². The summed E-state index contributed by atoms with van der Waals surface area (Å²) in [5.41, 5.74) is 5.59. The number of piperazine rings is 1. The molecule has 7 nitrogen and oxygen atoms in total. The minimum absolute atomic E-state index is 0.0955. The molecule has 0 saturated carbocycles. The number of nitrogens with one attached hydrogen (secondary N) is 1. The number of ether oxygens (including phenoxy) is 1. The van der Waals surface area contributed by atoms with Gasteiger partial charge in [-0.05, 0) is 54.4 Å². The molecule has 1 aliphatic heterocycles. The molecule has 2 aromatic carbocycles. The molecule has 0 atom stereocenters. The predicted octanol–water partition coefficient (Wildman–Crippen LogP) is 5.29. The average molecular weight is 538 g/mol. The molecule has 10 heteroatoms. The van der Waals surface area contributed by atoms with Gasteiger partial charge in [-0.3, -0.25) is 9.78 Å². The Morgan fingerprint density at radius 2 is 1.54 bits per heavy atom. The van der Waals surface area contributed by atoms with Crippen LogP contribution in [-0.4, -0.2) is 48.0 Å². The van der Waals surface area contributed by atoms with Crippen molar-refractivity contribution in [2.45, 2.75) is 26.3 Å². The smallest absolute Gasteiger partial charge is 0.406 e. The summed E-state index contributed by atoms with van der Waals surface area (Å²) in [5, 5.41) is 3.98. The number of amides is 1. The van der Waals surface area contributed by atoms with E-state index in [0.29, 0.717) is 12.1 Å². The highest BCUT2D eigenvalue weighted by molar-refractivity contribution is 6.08. The third-order valence-electron chi connectivity index (χ3n) is 7.16. The number of carbonyl (C=O) groups excluding carboxylic acids is 1. The average Bonchev–Trinajstić information content (AvgIpc) is 3.23. The first-order chi connectivity index (χ1) is 18.7. The van der Waals surface area contributed by atoms with Gasteiger partial charge in [-0.15, -0.1) is 13.2 Å². The van der Waals surface area contributed by atoms with Gasteiger partial charge in [-0.1, -0.05) is 19.1 Å². The van der Waals surface area contributed by atoms with E-state index in [-0.39, 0.29) is 11.7 Å². The van der Waals surface area contributed by atoms with Gasteiger partial charge in [-0.25, -0.2) is 0 Å². The Morgan fingerprint density at radius 1 is 0.949 bits per heavy atom. The number of rotatable bonds is 7. The van der Waals surface area contributed by atoms with Crippen molar-refractivity contribution in [1.82, 2.24) is 14.9 Å². The Hall–Kier alpha value is -4.21. The number of hydrogen-bond acceptors (Lipinski definition) is 5. The molecule has 5 rings (SSSR count). The van der Waals surface area contributed by atoms with Crippen LogP contribution < -0.4 is 19.9 Å². The van der Waals surface area contributed by atoms with E-state index in [0.717, 1.165) is 66.1 Å². The van der Waals surface area contributed by atoms with Crippen molar-refractivity contribution in [1.29, 1.82) is 0 Å². The highest BCUT2D eigenvalue weighted by Gasteiger charge is 2.31. The normalized spacial score (nSPS) is 14.1. The number of halogens is 3. The Labute approximate surface area is 224 Å². The number of benzene rings is 2. The number of aryl methyl sites for hydroxylation is 1. The molecule has 3 heterocycles. The summed E-state index contributed by atoms with van der Waals surface area (Å²) in [5.74, 6) is -0.316. The minimum Gasteiger partial charge on any atom is -0.406 e. The number of aromatic nitrogens is 2. The fraction of sp³-hybridized carbons (Fsp3) is 0.310. The third kappa shape index (κ3) is 5.79. The van der Waals surface area contributed by atoms with Gasteiger partial charge in [0.2, 0.25) is 0 Å². The fourth-order valence-corrected chi connectivity index (χ4v) is 5.18. The number of nitrogens with zero attached hydrogens (tertiary/aromatic N) is 4. The maximum atomic E-state index is 13.2. The lowest BCUT2D eigenvalue weighted by atomic mass is 10.1. The summed E-state index contributed by atoms with van der Waals surface area (Å²) >= 11 is 0. The van der Waals surface area contributed by atoms with E-state index in [1.54, 1.807) is 24.5 Å². The van der Waals surface area contributed by atoms with E-state index in [9.17, 15) is 18.0 Å². The summed E-state index contributed by atoms with van der Waals surface area (Å²) < 4.78 is 43.2. The van der Waals surface area contributed by atoms with Crippen molar-refractivity contribution in [3.05, 3.63) is 83.8 Å². The molecule has 4 aromatic rings. The largest absolute Gasteiger partial charge is 0.573 e. The van der Waals surface area contributed by atoms with Gasteiger partial charge in [0.1, 0.15) is 5.75 Å². The molecule has 1 aliphatic rings. The molecule has 39 heavy (non-hydrogen) atoms. The van der Waals surface area contributed by atoms with E-state index in [1.165, 1.54) is 12.1 Å². The maximum absolute atomic E-state index is 13.2. The molecule has 0 aliphatic carbocycles. The Morgan fingerprint density at radius 3 is 2.10 bits per heavy atom. The van der Waals surface area contributed by atoms with Crippen molar-refractivity contribution in [3.8, 4) is 5.75 Å². The lowest BCUT2D eigenvalue weighted by Crippen LogP contribution is -2.46. The Balaban J connectivity index is 1.16. The van der Waals surface area contributed by atoms with Crippen LogP contribution in [0.1, 0.15) is 28.5 Å². The topological polar surface area (TPSA) is 62.6 Å². The lowest BCUT2D eigenvalue weighted by Gasteiger charge is -2.37. The number of anilines is 2. The molecular weight excluding hydrogens is 507 g/mol. The Bertz CT molecular complexity index is 1440. The number of pyridine rings is 1. The van der Waals surface area contributed by atoms with E-state index in [4.69, 9.17) is 0 Å². The van der Waals surface area contributed by atoms with Gasteiger partial charge in [-0.2, -0.15) is 0 Å². The molecular formula is C29H30F3N5O2. The van der Waals surface area contributed by atoms with E-state index in [2.05, 4.69) is 37.0 Å². The second kappa shape index (κ2) is 10.9.